The molecule has 2 heteroatoms. The van der Waals surface area contributed by atoms with Crippen molar-refractivity contribution in [3.63, 3.8) is 0 Å². The maximum absolute atomic E-state index is 5.77. The topological polar surface area (TPSA) is 30.9 Å². The van der Waals surface area contributed by atoms with Gasteiger partial charge in [0.2, 0.25) is 0 Å². The summed E-state index contributed by atoms with van der Waals surface area (Å²) in [5.41, 5.74) is 8.79. The molecule has 0 spiro atoms. The molecule has 1 aromatic heterocycles. The lowest BCUT2D eigenvalue weighted by atomic mass is 9.87. The lowest BCUT2D eigenvalue weighted by Gasteiger charge is -2.21. The molecule has 1 heterocycles. The zero-order chi connectivity index (χ0) is 13.9. The van der Waals surface area contributed by atoms with Gasteiger partial charge >= 0.3 is 0 Å². The van der Waals surface area contributed by atoms with Crippen molar-refractivity contribution in [3.05, 3.63) is 36.0 Å². The summed E-state index contributed by atoms with van der Waals surface area (Å²) in [5.74, 6) is 0. The van der Waals surface area contributed by atoms with Crippen LogP contribution in [0, 0.1) is 12.3 Å². The van der Waals surface area contributed by atoms with Crippen molar-refractivity contribution in [2.75, 3.05) is 6.54 Å². The SMILES string of the molecule is Cc1cn(CCCCC(C)(C)CN)c2ccccc12. The molecule has 19 heavy (non-hydrogen) atoms. The van der Waals surface area contributed by atoms with E-state index in [1.807, 2.05) is 0 Å². The van der Waals surface area contributed by atoms with Crippen LogP contribution in [0.3, 0.4) is 0 Å². The monoisotopic (exact) mass is 258 g/mol. The van der Waals surface area contributed by atoms with Gasteiger partial charge < -0.3 is 10.3 Å². The van der Waals surface area contributed by atoms with Gasteiger partial charge in [-0.1, -0.05) is 38.5 Å². The van der Waals surface area contributed by atoms with Crippen LogP contribution < -0.4 is 5.73 Å². The van der Waals surface area contributed by atoms with Gasteiger partial charge in [-0.05, 0) is 43.4 Å². The highest BCUT2D eigenvalue weighted by Crippen LogP contribution is 2.23. The number of rotatable bonds is 6. The Hall–Kier alpha value is -1.28. The smallest absolute Gasteiger partial charge is 0.0483 e. The van der Waals surface area contributed by atoms with Crippen LogP contribution in [0.2, 0.25) is 0 Å². The molecule has 0 saturated carbocycles. The fourth-order valence-electron chi connectivity index (χ4n) is 2.60. The normalized spacial score (nSPS) is 12.2. The first-order chi connectivity index (χ1) is 9.03. The Morgan fingerprint density at radius 2 is 1.89 bits per heavy atom. The third-order valence-electron chi connectivity index (χ3n) is 4.04. The molecule has 0 saturated heterocycles. The number of nitrogens with two attached hydrogens (primary N) is 1. The molecule has 0 fully saturated rings. The maximum Gasteiger partial charge on any atom is 0.0483 e. The molecular weight excluding hydrogens is 232 g/mol. The van der Waals surface area contributed by atoms with Gasteiger partial charge in [0.1, 0.15) is 0 Å². The van der Waals surface area contributed by atoms with Crippen molar-refractivity contribution in [2.45, 2.75) is 46.6 Å². The first-order valence-corrected chi connectivity index (χ1v) is 7.28. The summed E-state index contributed by atoms with van der Waals surface area (Å²) in [5, 5.41) is 1.38. The van der Waals surface area contributed by atoms with Crippen LogP contribution >= 0.6 is 0 Å². The van der Waals surface area contributed by atoms with E-state index in [4.69, 9.17) is 5.73 Å². The fourth-order valence-corrected chi connectivity index (χ4v) is 2.60. The first-order valence-electron chi connectivity index (χ1n) is 7.28. The van der Waals surface area contributed by atoms with Crippen LogP contribution in [-0.2, 0) is 6.54 Å². The highest BCUT2D eigenvalue weighted by Gasteiger charge is 2.14. The molecule has 0 aliphatic heterocycles. The Kier molecular flexibility index (Phi) is 4.31. The van der Waals surface area contributed by atoms with Crippen molar-refractivity contribution in [1.82, 2.24) is 4.57 Å². The number of unbranched alkanes of at least 4 members (excludes halogenated alkanes) is 1. The maximum atomic E-state index is 5.77. The lowest BCUT2D eigenvalue weighted by Crippen LogP contribution is -2.23. The van der Waals surface area contributed by atoms with Crippen LogP contribution in [0.15, 0.2) is 30.5 Å². The number of benzene rings is 1. The van der Waals surface area contributed by atoms with Gasteiger partial charge in [0.25, 0.3) is 0 Å². The van der Waals surface area contributed by atoms with E-state index in [1.165, 1.54) is 35.7 Å². The lowest BCUT2D eigenvalue weighted by molar-refractivity contribution is 0.329. The third-order valence-corrected chi connectivity index (χ3v) is 4.04. The molecule has 0 atom stereocenters. The molecule has 0 unspecified atom stereocenters. The fraction of sp³-hybridized carbons (Fsp3) is 0.529. The Balaban J connectivity index is 1.95. The first kappa shape index (κ1) is 14.1. The van der Waals surface area contributed by atoms with Crippen LogP contribution in [0.25, 0.3) is 10.9 Å². The van der Waals surface area contributed by atoms with Crippen LogP contribution in [0.5, 0.6) is 0 Å². The molecule has 2 nitrogen and oxygen atoms in total. The van der Waals surface area contributed by atoms with E-state index in [9.17, 15) is 0 Å². The summed E-state index contributed by atoms with van der Waals surface area (Å²) in [7, 11) is 0. The predicted octanol–water partition coefficient (Wildman–Crippen LogP) is 4.10. The molecule has 1 aromatic carbocycles. The summed E-state index contributed by atoms with van der Waals surface area (Å²) in [4.78, 5) is 0. The number of aryl methyl sites for hydroxylation is 2. The molecule has 2 N–H and O–H groups in total. The number of para-hydroxylation sites is 1. The number of hydrogen-bond acceptors (Lipinski definition) is 1. The second kappa shape index (κ2) is 5.79. The third kappa shape index (κ3) is 3.38. The largest absolute Gasteiger partial charge is 0.347 e. The standard InChI is InChI=1S/C17H26N2/c1-14-12-19(16-9-5-4-8-15(14)16)11-7-6-10-17(2,3)13-18/h4-5,8-9,12H,6-7,10-11,13,18H2,1-3H3. The van der Waals surface area contributed by atoms with E-state index >= 15 is 0 Å². The zero-order valence-corrected chi connectivity index (χ0v) is 12.4. The molecule has 0 bridgehead atoms. The molecule has 0 amide bonds. The van der Waals surface area contributed by atoms with E-state index in [2.05, 4.69) is 55.8 Å². The van der Waals surface area contributed by atoms with E-state index in [1.54, 1.807) is 0 Å². The van der Waals surface area contributed by atoms with Gasteiger partial charge in [-0.15, -0.1) is 0 Å². The Labute approximate surface area is 116 Å². The van der Waals surface area contributed by atoms with Crippen molar-refractivity contribution < 1.29 is 0 Å². The summed E-state index contributed by atoms with van der Waals surface area (Å²) in [6, 6.07) is 8.66. The minimum absolute atomic E-state index is 0.286. The van der Waals surface area contributed by atoms with Gasteiger partial charge in [-0.2, -0.15) is 0 Å². The summed E-state index contributed by atoms with van der Waals surface area (Å²) < 4.78 is 2.39. The number of aromatic nitrogens is 1. The average molecular weight is 258 g/mol. The van der Waals surface area contributed by atoms with Gasteiger partial charge in [0, 0.05) is 23.6 Å². The highest BCUT2D eigenvalue weighted by atomic mass is 15.0. The summed E-state index contributed by atoms with van der Waals surface area (Å²) >= 11 is 0. The zero-order valence-electron chi connectivity index (χ0n) is 12.4. The number of hydrogen-bond donors (Lipinski definition) is 1. The number of nitrogens with zero attached hydrogens (tertiary/aromatic N) is 1. The Morgan fingerprint density at radius 3 is 2.63 bits per heavy atom. The summed E-state index contributed by atoms with van der Waals surface area (Å²) in [6.45, 7) is 8.58. The van der Waals surface area contributed by atoms with E-state index in [0.29, 0.717) is 0 Å². The molecule has 0 radical (unpaired) electrons. The van der Waals surface area contributed by atoms with E-state index in [-0.39, 0.29) is 5.41 Å². The second-order valence-corrected chi connectivity index (χ2v) is 6.35. The van der Waals surface area contributed by atoms with Crippen LogP contribution in [-0.4, -0.2) is 11.1 Å². The number of fused-ring (bicyclic) bond motifs is 1. The molecule has 0 aliphatic rings. The average Bonchev–Trinajstić information content (AvgIpc) is 2.72. The van der Waals surface area contributed by atoms with Crippen molar-refractivity contribution >= 4 is 10.9 Å². The van der Waals surface area contributed by atoms with Crippen molar-refractivity contribution in [3.8, 4) is 0 Å². The highest BCUT2D eigenvalue weighted by molar-refractivity contribution is 5.83. The van der Waals surface area contributed by atoms with Gasteiger partial charge in [0.05, 0.1) is 0 Å². The van der Waals surface area contributed by atoms with E-state index in [0.717, 1.165) is 13.1 Å². The molecule has 104 valence electrons. The Bertz CT molecular complexity index is 537. The second-order valence-electron chi connectivity index (χ2n) is 6.35. The molecule has 2 aromatic rings. The quantitative estimate of drug-likeness (QED) is 0.777. The molecule has 2 rings (SSSR count). The van der Waals surface area contributed by atoms with Crippen molar-refractivity contribution in [2.24, 2.45) is 11.1 Å². The minimum Gasteiger partial charge on any atom is -0.347 e. The minimum atomic E-state index is 0.286. The Morgan fingerprint density at radius 1 is 1.16 bits per heavy atom. The predicted molar refractivity (Wildman–Crippen MR) is 83.4 cm³/mol. The van der Waals surface area contributed by atoms with Crippen molar-refractivity contribution in [1.29, 1.82) is 0 Å². The molecule has 0 aliphatic carbocycles. The van der Waals surface area contributed by atoms with Gasteiger partial charge in [-0.3, -0.25) is 0 Å². The van der Waals surface area contributed by atoms with Gasteiger partial charge in [-0.25, -0.2) is 0 Å². The van der Waals surface area contributed by atoms with Crippen LogP contribution in [0.4, 0.5) is 0 Å². The molecular formula is C17H26N2. The van der Waals surface area contributed by atoms with E-state index < -0.39 is 0 Å². The van der Waals surface area contributed by atoms with Gasteiger partial charge in [0.15, 0.2) is 0 Å². The summed E-state index contributed by atoms with van der Waals surface area (Å²) in [6.07, 6.45) is 5.96. The van der Waals surface area contributed by atoms with Crippen LogP contribution in [0.1, 0.15) is 38.7 Å².